The molecule has 1 saturated heterocycles. The van der Waals surface area contributed by atoms with Crippen LogP contribution in [0.1, 0.15) is 18.0 Å². The number of aliphatic hydroxyl groups is 1. The minimum atomic E-state index is 0.293. The molecular weight excluding hydrogens is 176 g/mol. The van der Waals surface area contributed by atoms with Crippen LogP contribution in [-0.4, -0.2) is 35.2 Å². The van der Waals surface area contributed by atoms with Crippen molar-refractivity contribution in [3.63, 3.8) is 0 Å². The predicted octanol–water partition coefficient (Wildman–Crippen LogP) is 1.07. The van der Waals surface area contributed by atoms with E-state index < -0.39 is 0 Å². The predicted molar refractivity (Wildman–Crippen MR) is 54.8 cm³/mol. The van der Waals surface area contributed by atoms with Gasteiger partial charge in [0.15, 0.2) is 0 Å². The molecule has 3 heteroatoms. The first-order valence-electron chi connectivity index (χ1n) is 5.02. The maximum Gasteiger partial charge on any atom is 0.0472 e. The third-order valence-corrected chi connectivity index (χ3v) is 2.96. The van der Waals surface area contributed by atoms with E-state index in [9.17, 15) is 0 Å². The molecule has 0 unspecified atom stereocenters. The molecule has 3 nitrogen and oxygen atoms in total. The molecule has 0 amide bonds. The van der Waals surface area contributed by atoms with E-state index >= 15 is 0 Å². The highest BCUT2D eigenvalue weighted by Gasteiger charge is 2.29. The number of aliphatic hydroxyl groups excluding tert-OH is 1. The number of hydrogen-bond donors (Lipinski definition) is 1. The van der Waals surface area contributed by atoms with Crippen molar-refractivity contribution in [2.24, 2.45) is 5.92 Å². The van der Waals surface area contributed by atoms with Crippen LogP contribution in [0.25, 0.3) is 0 Å². The highest BCUT2D eigenvalue weighted by atomic mass is 16.3. The average Bonchev–Trinajstić information content (AvgIpc) is 2.61. The van der Waals surface area contributed by atoms with Crippen LogP contribution < -0.4 is 0 Å². The summed E-state index contributed by atoms with van der Waals surface area (Å²) in [5.74, 6) is 0.421. The molecule has 1 aliphatic heterocycles. The standard InChI is InChI=1S/C11H16N2O/c1-13-7-9(8-14)5-11(13)10-3-2-4-12-6-10/h2-4,6,9,11,14H,5,7-8H2,1H3/t9-,11-/m1/s1. The molecular formula is C11H16N2O. The molecule has 2 rings (SSSR count). The minimum absolute atomic E-state index is 0.293. The molecule has 0 spiro atoms. The van der Waals surface area contributed by atoms with Gasteiger partial charge in [-0.25, -0.2) is 0 Å². The van der Waals surface area contributed by atoms with Crippen molar-refractivity contribution >= 4 is 0 Å². The summed E-state index contributed by atoms with van der Waals surface area (Å²) in [4.78, 5) is 6.41. The Kier molecular flexibility index (Phi) is 2.79. The smallest absolute Gasteiger partial charge is 0.0472 e. The third-order valence-electron chi connectivity index (χ3n) is 2.96. The highest BCUT2D eigenvalue weighted by Crippen LogP contribution is 2.33. The molecule has 1 N–H and O–H groups in total. The van der Waals surface area contributed by atoms with Gasteiger partial charge in [0.05, 0.1) is 0 Å². The molecule has 0 aromatic carbocycles. The van der Waals surface area contributed by atoms with Crippen LogP contribution >= 0.6 is 0 Å². The lowest BCUT2D eigenvalue weighted by Crippen LogP contribution is -2.18. The number of nitrogens with zero attached hydrogens (tertiary/aromatic N) is 2. The van der Waals surface area contributed by atoms with Crippen molar-refractivity contribution < 1.29 is 5.11 Å². The van der Waals surface area contributed by atoms with Gasteiger partial charge in [0.1, 0.15) is 0 Å². The Labute approximate surface area is 84.4 Å². The Bertz CT molecular complexity index is 289. The monoisotopic (exact) mass is 192 g/mol. The number of likely N-dealkylation sites (tertiary alicyclic amines) is 1. The summed E-state index contributed by atoms with van der Waals surface area (Å²) in [6.45, 7) is 1.27. The van der Waals surface area contributed by atoms with E-state index in [0.29, 0.717) is 18.6 Å². The van der Waals surface area contributed by atoms with Crippen LogP contribution in [0.3, 0.4) is 0 Å². The number of hydrogen-bond acceptors (Lipinski definition) is 3. The van der Waals surface area contributed by atoms with Crippen LogP contribution in [0.15, 0.2) is 24.5 Å². The molecule has 76 valence electrons. The van der Waals surface area contributed by atoms with Gasteiger partial charge in [-0.05, 0) is 31.0 Å². The van der Waals surface area contributed by atoms with Gasteiger partial charge >= 0.3 is 0 Å². The van der Waals surface area contributed by atoms with Crippen molar-refractivity contribution in [3.05, 3.63) is 30.1 Å². The van der Waals surface area contributed by atoms with Crippen molar-refractivity contribution in [3.8, 4) is 0 Å². The van der Waals surface area contributed by atoms with Crippen molar-refractivity contribution in [1.82, 2.24) is 9.88 Å². The quantitative estimate of drug-likeness (QED) is 0.761. The Hall–Kier alpha value is -0.930. The second kappa shape index (κ2) is 4.07. The number of pyridine rings is 1. The van der Waals surface area contributed by atoms with Crippen LogP contribution in [0.2, 0.25) is 0 Å². The number of aromatic nitrogens is 1. The molecule has 2 atom stereocenters. The summed E-state index contributed by atoms with van der Waals surface area (Å²) < 4.78 is 0. The van der Waals surface area contributed by atoms with E-state index in [1.54, 1.807) is 6.20 Å². The second-order valence-electron chi connectivity index (χ2n) is 4.03. The van der Waals surface area contributed by atoms with Crippen molar-refractivity contribution in [1.29, 1.82) is 0 Å². The SMILES string of the molecule is CN1C[C@H](CO)C[C@@H]1c1cccnc1. The average molecular weight is 192 g/mol. The summed E-state index contributed by atoms with van der Waals surface area (Å²) >= 11 is 0. The molecule has 2 heterocycles. The van der Waals surface area contributed by atoms with Gasteiger partial charge in [-0.2, -0.15) is 0 Å². The fourth-order valence-electron chi connectivity index (χ4n) is 2.20. The van der Waals surface area contributed by atoms with E-state index in [1.807, 2.05) is 12.3 Å². The lowest BCUT2D eigenvalue weighted by Gasteiger charge is -2.18. The molecule has 0 aliphatic carbocycles. The van der Waals surface area contributed by atoms with Gasteiger partial charge in [0.2, 0.25) is 0 Å². The van der Waals surface area contributed by atoms with Gasteiger partial charge in [-0.15, -0.1) is 0 Å². The summed E-state index contributed by atoms with van der Waals surface area (Å²) in [7, 11) is 2.10. The first-order chi connectivity index (χ1) is 6.81. The van der Waals surface area contributed by atoms with Gasteiger partial charge < -0.3 is 5.11 Å². The highest BCUT2D eigenvalue weighted by molar-refractivity contribution is 5.15. The molecule has 1 fully saturated rings. The first-order valence-corrected chi connectivity index (χ1v) is 5.02. The van der Waals surface area contributed by atoms with Crippen LogP contribution in [0.5, 0.6) is 0 Å². The second-order valence-corrected chi connectivity index (χ2v) is 4.03. The maximum absolute atomic E-state index is 9.11. The van der Waals surface area contributed by atoms with Crippen molar-refractivity contribution in [2.45, 2.75) is 12.5 Å². The molecule has 0 saturated carbocycles. The maximum atomic E-state index is 9.11. The van der Waals surface area contributed by atoms with Crippen molar-refractivity contribution in [2.75, 3.05) is 20.2 Å². The topological polar surface area (TPSA) is 36.4 Å². The first kappa shape index (κ1) is 9.62. The Balaban J connectivity index is 2.13. The summed E-state index contributed by atoms with van der Waals surface area (Å²) in [5, 5.41) is 9.11. The minimum Gasteiger partial charge on any atom is -0.396 e. The molecule has 0 radical (unpaired) electrons. The molecule has 1 aliphatic rings. The van der Waals surface area contributed by atoms with Gasteiger partial charge in [0, 0.05) is 31.6 Å². The summed E-state index contributed by atoms with van der Waals surface area (Å²) in [6, 6.07) is 4.50. The fourth-order valence-corrected chi connectivity index (χ4v) is 2.20. The normalized spacial score (nSPS) is 28.1. The zero-order valence-corrected chi connectivity index (χ0v) is 8.43. The van der Waals surface area contributed by atoms with Gasteiger partial charge in [0.25, 0.3) is 0 Å². The van der Waals surface area contributed by atoms with E-state index in [2.05, 4.69) is 23.0 Å². The Morgan fingerprint density at radius 3 is 3.07 bits per heavy atom. The third kappa shape index (κ3) is 1.79. The van der Waals surface area contributed by atoms with Gasteiger partial charge in [-0.1, -0.05) is 6.07 Å². The lowest BCUT2D eigenvalue weighted by molar-refractivity contribution is 0.227. The molecule has 0 bridgehead atoms. The van der Waals surface area contributed by atoms with Gasteiger partial charge in [-0.3, -0.25) is 9.88 Å². The Morgan fingerprint density at radius 2 is 2.50 bits per heavy atom. The zero-order valence-electron chi connectivity index (χ0n) is 8.43. The molecule has 1 aromatic rings. The van der Waals surface area contributed by atoms with Crippen LogP contribution in [-0.2, 0) is 0 Å². The summed E-state index contributed by atoms with van der Waals surface area (Å²) in [5.41, 5.74) is 1.26. The zero-order chi connectivity index (χ0) is 9.97. The van der Waals surface area contributed by atoms with Crippen LogP contribution in [0.4, 0.5) is 0 Å². The van der Waals surface area contributed by atoms with E-state index in [-0.39, 0.29) is 0 Å². The Morgan fingerprint density at radius 1 is 1.64 bits per heavy atom. The molecule has 1 aromatic heterocycles. The van der Waals surface area contributed by atoms with E-state index in [0.717, 1.165) is 13.0 Å². The fraction of sp³-hybridized carbons (Fsp3) is 0.545. The van der Waals surface area contributed by atoms with E-state index in [4.69, 9.17) is 5.11 Å². The molecule has 14 heavy (non-hydrogen) atoms. The van der Waals surface area contributed by atoms with E-state index in [1.165, 1.54) is 5.56 Å². The number of rotatable bonds is 2. The summed E-state index contributed by atoms with van der Waals surface area (Å²) in [6.07, 6.45) is 4.75. The van der Waals surface area contributed by atoms with Crippen LogP contribution in [0, 0.1) is 5.92 Å². The largest absolute Gasteiger partial charge is 0.396 e. The lowest BCUT2D eigenvalue weighted by atomic mass is 10.0.